The van der Waals surface area contributed by atoms with Crippen molar-refractivity contribution in [3.05, 3.63) is 34.2 Å². The minimum Gasteiger partial charge on any atom is -0.285 e. The molecule has 2 aromatic heterocycles. The molecule has 0 aromatic carbocycles. The zero-order valence-corrected chi connectivity index (χ0v) is 9.13. The van der Waals surface area contributed by atoms with Crippen LogP contribution in [0.3, 0.4) is 0 Å². The summed E-state index contributed by atoms with van der Waals surface area (Å²) in [6.45, 7) is 0.929. The molecule has 2 heterocycles. The van der Waals surface area contributed by atoms with Gasteiger partial charge >= 0.3 is 0 Å². The lowest BCUT2D eigenvalue weighted by atomic mass is 10.4. The molecule has 2 aromatic rings. The van der Waals surface area contributed by atoms with Gasteiger partial charge in [-0.1, -0.05) is 22.7 Å². The Morgan fingerprint density at radius 3 is 1.86 bits per heavy atom. The molecule has 72 valence electrons. The topological polar surface area (TPSA) is 24.8 Å². The molecule has 0 aliphatic heterocycles. The molecule has 0 saturated carbocycles. The van der Waals surface area contributed by atoms with Crippen LogP contribution in [0, 0.1) is 0 Å². The number of hydrogen-bond donors (Lipinski definition) is 0. The summed E-state index contributed by atoms with van der Waals surface area (Å²) >= 11 is 3.19. The van der Waals surface area contributed by atoms with Crippen molar-refractivity contribution in [2.24, 2.45) is 0 Å². The van der Waals surface area contributed by atoms with Crippen molar-refractivity contribution in [2.45, 2.75) is 13.1 Å². The zero-order chi connectivity index (χ0) is 9.80. The number of thiazole rings is 2. The van der Waals surface area contributed by atoms with E-state index in [2.05, 4.69) is 0 Å². The molecule has 5 heteroatoms. The van der Waals surface area contributed by atoms with Crippen LogP contribution >= 0.6 is 22.7 Å². The second-order valence-corrected chi connectivity index (χ2v) is 4.45. The molecular formula is C9H10N2OS2+2. The van der Waals surface area contributed by atoms with Crippen molar-refractivity contribution in [3.63, 3.8) is 0 Å². The minimum absolute atomic E-state index is 0.219. The molecule has 0 unspecified atom stereocenters. The number of carbonyl (C=O) groups excluding carboxylic acids is 1. The molecule has 14 heavy (non-hydrogen) atoms. The Bertz CT molecular complexity index is 356. The number of aromatic nitrogens is 2. The fourth-order valence-electron chi connectivity index (χ4n) is 1.16. The van der Waals surface area contributed by atoms with Crippen LogP contribution in [0.15, 0.2) is 34.2 Å². The average Bonchev–Trinajstić information content (AvgIpc) is 2.76. The SMILES string of the molecule is O=C(C[n+]1ccsc1)C[n+]1ccsc1. The number of carbonyl (C=O) groups is 1. The lowest BCUT2D eigenvalue weighted by Gasteiger charge is -1.89. The van der Waals surface area contributed by atoms with E-state index in [1.165, 1.54) is 0 Å². The fraction of sp³-hybridized carbons (Fsp3) is 0.222. The van der Waals surface area contributed by atoms with Gasteiger partial charge in [-0.2, -0.15) is 9.13 Å². The first-order valence-electron chi connectivity index (χ1n) is 4.19. The van der Waals surface area contributed by atoms with E-state index in [9.17, 15) is 4.79 Å². The first-order valence-corrected chi connectivity index (χ1v) is 6.07. The quantitative estimate of drug-likeness (QED) is 0.703. The first-order chi connectivity index (χ1) is 6.84. The van der Waals surface area contributed by atoms with E-state index < -0.39 is 0 Å². The zero-order valence-electron chi connectivity index (χ0n) is 7.50. The normalized spacial score (nSPS) is 10.3. The first kappa shape index (κ1) is 9.48. The van der Waals surface area contributed by atoms with Gasteiger partial charge in [0.2, 0.25) is 24.1 Å². The molecule has 0 aliphatic carbocycles. The van der Waals surface area contributed by atoms with Gasteiger partial charge in [-0.05, 0) is 0 Å². The van der Waals surface area contributed by atoms with E-state index in [0.717, 1.165) is 0 Å². The molecule has 0 radical (unpaired) electrons. The van der Waals surface area contributed by atoms with Crippen LogP contribution in [0.2, 0.25) is 0 Å². The van der Waals surface area contributed by atoms with Gasteiger partial charge in [0.05, 0.1) is 10.8 Å². The van der Waals surface area contributed by atoms with Crippen LogP contribution in [-0.2, 0) is 17.9 Å². The van der Waals surface area contributed by atoms with Gasteiger partial charge in [0.15, 0.2) is 12.4 Å². The van der Waals surface area contributed by atoms with Crippen LogP contribution < -0.4 is 9.13 Å². The number of rotatable bonds is 4. The highest BCUT2D eigenvalue weighted by molar-refractivity contribution is 7.07. The molecule has 0 spiro atoms. The third-order valence-electron chi connectivity index (χ3n) is 1.77. The van der Waals surface area contributed by atoms with Crippen molar-refractivity contribution in [2.75, 3.05) is 0 Å². The standard InChI is InChI=1S/C9H10N2OS2/c12-9(5-10-1-3-13-7-10)6-11-2-4-14-8-11/h1-4,7-8H,5-6H2/q+2. The molecule has 0 saturated heterocycles. The highest BCUT2D eigenvalue weighted by Crippen LogP contribution is 1.90. The molecular weight excluding hydrogens is 216 g/mol. The predicted octanol–water partition coefficient (Wildman–Crippen LogP) is 0.654. The van der Waals surface area contributed by atoms with Gasteiger partial charge in [-0.15, -0.1) is 0 Å². The molecule has 0 amide bonds. The van der Waals surface area contributed by atoms with Gasteiger partial charge in [0.25, 0.3) is 5.78 Å². The number of nitrogens with zero attached hydrogens (tertiary/aromatic N) is 2. The van der Waals surface area contributed by atoms with E-state index >= 15 is 0 Å². The lowest BCUT2D eigenvalue weighted by molar-refractivity contribution is -0.697. The smallest absolute Gasteiger partial charge is 0.261 e. The Balaban J connectivity index is 1.91. The monoisotopic (exact) mass is 226 g/mol. The van der Waals surface area contributed by atoms with Gasteiger partial charge < -0.3 is 0 Å². The van der Waals surface area contributed by atoms with Gasteiger partial charge in [0, 0.05) is 0 Å². The van der Waals surface area contributed by atoms with Crippen molar-refractivity contribution in [1.82, 2.24) is 0 Å². The summed E-state index contributed by atoms with van der Waals surface area (Å²) in [4.78, 5) is 11.5. The highest BCUT2D eigenvalue weighted by Gasteiger charge is 2.14. The summed E-state index contributed by atoms with van der Waals surface area (Å²) in [6.07, 6.45) is 3.84. The largest absolute Gasteiger partial charge is 0.285 e. The summed E-state index contributed by atoms with van der Waals surface area (Å²) < 4.78 is 3.81. The Hall–Kier alpha value is -1.07. The molecule has 3 nitrogen and oxygen atoms in total. The molecule has 2 rings (SSSR count). The summed E-state index contributed by atoms with van der Waals surface area (Å²) in [5, 5.41) is 3.93. The van der Waals surface area contributed by atoms with Crippen LogP contribution in [0.25, 0.3) is 0 Å². The van der Waals surface area contributed by atoms with Crippen LogP contribution in [-0.4, -0.2) is 5.78 Å². The van der Waals surface area contributed by atoms with E-state index in [1.807, 2.05) is 43.3 Å². The number of Topliss-reactive ketones (excluding diaryl/α,β-unsaturated/α-hetero) is 1. The second kappa shape index (κ2) is 4.43. The third-order valence-corrected chi connectivity index (χ3v) is 3.11. The summed E-state index contributed by atoms with van der Waals surface area (Å²) in [5.74, 6) is 0.219. The van der Waals surface area contributed by atoms with E-state index in [0.29, 0.717) is 13.1 Å². The van der Waals surface area contributed by atoms with Crippen molar-refractivity contribution >= 4 is 28.5 Å². The van der Waals surface area contributed by atoms with Crippen molar-refractivity contribution in [1.29, 1.82) is 0 Å². The van der Waals surface area contributed by atoms with E-state index in [-0.39, 0.29) is 5.78 Å². The van der Waals surface area contributed by atoms with Crippen molar-refractivity contribution < 1.29 is 13.9 Å². The number of hydrogen-bond acceptors (Lipinski definition) is 3. The van der Waals surface area contributed by atoms with E-state index in [1.54, 1.807) is 22.7 Å². The molecule has 0 N–H and O–H groups in total. The van der Waals surface area contributed by atoms with Gasteiger partial charge in [0.1, 0.15) is 0 Å². The average molecular weight is 226 g/mol. The highest BCUT2D eigenvalue weighted by atomic mass is 32.1. The molecule has 0 fully saturated rings. The fourth-order valence-corrected chi connectivity index (χ4v) is 2.36. The lowest BCUT2D eigenvalue weighted by Crippen LogP contribution is -2.42. The maximum absolute atomic E-state index is 11.5. The van der Waals surface area contributed by atoms with Gasteiger partial charge in [-0.25, -0.2) is 0 Å². The van der Waals surface area contributed by atoms with E-state index in [4.69, 9.17) is 0 Å². The van der Waals surface area contributed by atoms with Crippen molar-refractivity contribution in [3.8, 4) is 0 Å². The van der Waals surface area contributed by atoms with Crippen LogP contribution in [0.4, 0.5) is 0 Å². The second-order valence-electron chi connectivity index (χ2n) is 2.94. The molecule has 0 atom stereocenters. The van der Waals surface area contributed by atoms with Crippen LogP contribution in [0.5, 0.6) is 0 Å². The Kier molecular flexibility index (Phi) is 3.00. The van der Waals surface area contributed by atoms with Gasteiger partial charge in [-0.3, -0.25) is 4.79 Å². The molecule has 0 aliphatic rings. The third kappa shape index (κ3) is 2.46. The Morgan fingerprint density at radius 2 is 1.50 bits per heavy atom. The summed E-state index contributed by atoms with van der Waals surface area (Å²) in [6, 6.07) is 0. The van der Waals surface area contributed by atoms with Crippen LogP contribution in [0.1, 0.15) is 0 Å². The summed E-state index contributed by atoms with van der Waals surface area (Å²) in [7, 11) is 0. The maximum Gasteiger partial charge on any atom is 0.261 e. The predicted molar refractivity (Wildman–Crippen MR) is 54.0 cm³/mol. The summed E-state index contributed by atoms with van der Waals surface area (Å²) in [5.41, 5.74) is 3.88. The minimum atomic E-state index is 0.219. The maximum atomic E-state index is 11.5. The Labute approximate surface area is 89.9 Å². The Morgan fingerprint density at radius 1 is 1.00 bits per heavy atom. The molecule has 0 bridgehead atoms. The number of ketones is 1.